The third kappa shape index (κ3) is 4.66. The zero-order valence-electron chi connectivity index (χ0n) is 16.0. The summed E-state index contributed by atoms with van der Waals surface area (Å²) in [6.45, 7) is 0.974. The third-order valence-electron chi connectivity index (χ3n) is 4.22. The van der Waals surface area contributed by atoms with Crippen molar-refractivity contribution in [3.63, 3.8) is 0 Å². The second-order valence-electron chi connectivity index (χ2n) is 6.33. The van der Waals surface area contributed by atoms with Gasteiger partial charge in [-0.05, 0) is 31.2 Å². The number of ether oxygens (including phenoxy) is 2. The Morgan fingerprint density at radius 2 is 1.93 bits per heavy atom. The van der Waals surface area contributed by atoms with Gasteiger partial charge < -0.3 is 13.9 Å². The maximum Gasteiger partial charge on any atom is 0.336 e. The van der Waals surface area contributed by atoms with E-state index in [2.05, 4.69) is 4.72 Å². The van der Waals surface area contributed by atoms with Gasteiger partial charge in [0.2, 0.25) is 10.0 Å². The molecule has 10 heteroatoms. The molecule has 0 radical (unpaired) electrons. The molecular weight excluding hydrogens is 417 g/mol. The van der Waals surface area contributed by atoms with Gasteiger partial charge >= 0.3 is 11.6 Å². The molecule has 0 aliphatic rings. The third-order valence-corrected chi connectivity index (χ3v) is 5.79. The van der Waals surface area contributed by atoms with Crippen molar-refractivity contribution >= 4 is 27.0 Å². The second kappa shape index (κ2) is 8.64. The molecule has 2 aromatic carbocycles. The van der Waals surface area contributed by atoms with Gasteiger partial charge in [0.25, 0.3) is 0 Å². The molecule has 0 amide bonds. The van der Waals surface area contributed by atoms with Gasteiger partial charge in [-0.2, -0.15) is 4.72 Å². The number of rotatable bonds is 7. The monoisotopic (exact) mass is 435 g/mol. The van der Waals surface area contributed by atoms with Crippen LogP contribution in [0.1, 0.15) is 12.5 Å². The predicted octanol–water partition coefficient (Wildman–Crippen LogP) is 2.35. The van der Waals surface area contributed by atoms with Gasteiger partial charge in [0.05, 0.1) is 7.11 Å². The van der Waals surface area contributed by atoms with E-state index in [0.29, 0.717) is 16.7 Å². The minimum absolute atomic E-state index is 0.251. The van der Waals surface area contributed by atoms with Crippen LogP contribution in [0.4, 0.5) is 4.39 Å². The Morgan fingerprint density at radius 3 is 2.63 bits per heavy atom. The number of benzene rings is 2. The molecule has 1 aromatic heterocycles. The number of esters is 1. The Bertz CT molecular complexity index is 1250. The summed E-state index contributed by atoms with van der Waals surface area (Å²) in [4.78, 5) is 23.5. The van der Waals surface area contributed by atoms with Gasteiger partial charge in [0, 0.05) is 23.1 Å². The Balaban J connectivity index is 1.74. The average Bonchev–Trinajstić information content (AvgIpc) is 2.70. The van der Waals surface area contributed by atoms with Crippen LogP contribution in [0.3, 0.4) is 0 Å². The minimum Gasteiger partial charge on any atom is -0.497 e. The first-order valence-electron chi connectivity index (χ1n) is 8.75. The van der Waals surface area contributed by atoms with Crippen LogP contribution >= 0.6 is 0 Å². The summed E-state index contributed by atoms with van der Waals surface area (Å²) >= 11 is 0. The van der Waals surface area contributed by atoms with Gasteiger partial charge in [0.15, 0.2) is 0 Å². The van der Waals surface area contributed by atoms with Crippen molar-refractivity contribution in [1.29, 1.82) is 0 Å². The maximum absolute atomic E-state index is 13.8. The fourth-order valence-corrected chi connectivity index (χ4v) is 4.01. The number of carbonyl (C=O) groups excluding carboxylic acids is 1. The van der Waals surface area contributed by atoms with Crippen LogP contribution in [0, 0.1) is 5.82 Å². The molecule has 0 saturated heterocycles. The molecule has 158 valence electrons. The highest BCUT2D eigenvalue weighted by Crippen LogP contribution is 2.23. The molecule has 30 heavy (non-hydrogen) atoms. The molecule has 0 bridgehead atoms. The largest absolute Gasteiger partial charge is 0.497 e. The first kappa shape index (κ1) is 21.5. The van der Waals surface area contributed by atoms with Crippen molar-refractivity contribution in [2.24, 2.45) is 0 Å². The highest BCUT2D eigenvalue weighted by atomic mass is 32.2. The Labute approximate surface area is 171 Å². The number of nitrogens with one attached hydrogen (secondary N) is 1. The van der Waals surface area contributed by atoms with E-state index < -0.39 is 38.4 Å². The van der Waals surface area contributed by atoms with E-state index in [1.807, 2.05) is 0 Å². The lowest BCUT2D eigenvalue weighted by molar-refractivity contribution is -0.146. The average molecular weight is 435 g/mol. The molecule has 0 aliphatic carbocycles. The van der Waals surface area contributed by atoms with Crippen molar-refractivity contribution in [2.45, 2.75) is 24.5 Å². The van der Waals surface area contributed by atoms with E-state index >= 15 is 0 Å². The van der Waals surface area contributed by atoms with Crippen LogP contribution < -0.4 is 15.1 Å². The number of hydrogen-bond donors (Lipinski definition) is 1. The summed E-state index contributed by atoms with van der Waals surface area (Å²) in [7, 11) is -2.81. The van der Waals surface area contributed by atoms with E-state index in [4.69, 9.17) is 13.9 Å². The molecular formula is C20H18FNO7S. The molecule has 3 aromatic rings. The first-order chi connectivity index (χ1) is 14.2. The van der Waals surface area contributed by atoms with Gasteiger partial charge in [-0.3, -0.25) is 4.79 Å². The lowest BCUT2D eigenvalue weighted by Gasteiger charge is -2.14. The van der Waals surface area contributed by atoms with Crippen molar-refractivity contribution in [3.8, 4) is 5.75 Å². The van der Waals surface area contributed by atoms with Crippen molar-refractivity contribution in [2.75, 3.05) is 7.11 Å². The summed E-state index contributed by atoms with van der Waals surface area (Å²) in [5.41, 5.74) is -0.0160. The van der Waals surface area contributed by atoms with Crippen molar-refractivity contribution in [3.05, 3.63) is 70.3 Å². The summed E-state index contributed by atoms with van der Waals surface area (Å²) < 4.78 is 55.8. The fraction of sp³-hybridized carbons (Fsp3) is 0.200. The molecule has 8 nitrogen and oxygen atoms in total. The molecule has 1 atom stereocenters. The van der Waals surface area contributed by atoms with Gasteiger partial charge in [0.1, 0.15) is 34.7 Å². The van der Waals surface area contributed by atoms with Gasteiger partial charge in [-0.25, -0.2) is 17.6 Å². The molecule has 1 N–H and O–H groups in total. The highest BCUT2D eigenvalue weighted by molar-refractivity contribution is 7.89. The number of carbonyl (C=O) groups is 1. The second-order valence-corrected chi connectivity index (χ2v) is 8.02. The fourth-order valence-electron chi connectivity index (χ4n) is 2.74. The van der Waals surface area contributed by atoms with Crippen LogP contribution in [0.25, 0.3) is 11.0 Å². The first-order valence-corrected chi connectivity index (χ1v) is 10.2. The highest BCUT2D eigenvalue weighted by Gasteiger charge is 2.25. The number of methoxy groups -OCH3 is 1. The number of halogens is 1. The molecule has 3 rings (SSSR count). The number of fused-ring (bicyclic) bond motifs is 1. The minimum atomic E-state index is -4.27. The van der Waals surface area contributed by atoms with E-state index in [-0.39, 0.29) is 12.2 Å². The number of hydrogen-bond acceptors (Lipinski definition) is 7. The molecule has 0 unspecified atom stereocenters. The van der Waals surface area contributed by atoms with Crippen LogP contribution in [-0.4, -0.2) is 27.5 Å². The number of sulfonamides is 1. The van der Waals surface area contributed by atoms with E-state index in [9.17, 15) is 22.4 Å². The lowest BCUT2D eigenvalue weighted by atomic mass is 10.1. The summed E-state index contributed by atoms with van der Waals surface area (Å²) in [5, 5.41) is 0.530. The topological polar surface area (TPSA) is 112 Å². The maximum atomic E-state index is 13.8. The van der Waals surface area contributed by atoms with Crippen LogP contribution in [0.5, 0.6) is 5.75 Å². The van der Waals surface area contributed by atoms with Crippen LogP contribution in [0.2, 0.25) is 0 Å². The zero-order chi connectivity index (χ0) is 21.9. The summed E-state index contributed by atoms with van der Waals surface area (Å²) in [5.74, 6) is -1.36. The predicted molar refractivity (Wildman–Crippen MR) is 105 cm³/mol. The van der Waals surface area contributed by atoms with E-state index in [1.54, 1.807) is 12.1 Å². The lowest BCUT2D eigenvalue weighted by Crippen LogP contribution is -2.39. The summed E-state index contributed by atoms with van der Waals surface area (Å²) in [6, 6.07) is 9.50. The normalized spacial score (nSPS) is 12.5. The zero-order valence-corrected chi connectivity index (χ0v) is 16.9. The quantitative estimate of drug-likeness (QED) is 0.448. The standard InChI is InChI=1S/C20H18FNO7S/c1-12(22-30(25,26)18-6-4-3-5-16(18)21)20(24)28-11-13-9-19(23)29-17-10-14(27-2)7-8-15(13)17/h3-10,12,22H,11H2,1-2H3/t12-/m1/s1. The van der Waals surface area contributed by atoms with Gasteiger partial charge in [-0.15, -0.1) is 0 Å². The Kier molecular flexibility index (Phi) is 6.18. The molecule has 0 aliphatic heterocycles. The van der Waals surface area contributed by atoms with Crippen molar-refractivity contribution < 1.29 is 31.5 Å². The molecule has 0 saturated carbocycles. The Hall–Kier alpha value is -3.24. The van der Waals surface area contributed by atoms with Crippen LogP contribution in [0.15, 0.2) is 62.6 Å². The van der Waals surface area contributed by atoms with E-state index in [1.165, 1.54) is 38.3 Å². The van der Waals surface area contributed by atoms with Crippen LogP contribution in [-0.2, 0) is 26.2 Å². The SMILES string of the molecule is COc1ccc2c(COC(=O)[C@@H](C)NS(=O)(=O)c3ccccc3F)cc(=O)oc2c1. The van der Waals surface area contributed by atoms with E-state index in [0.717, 1.165) is 12.1 Å². The molecule has 0 spiro atoms. The smallest absolute Gasteiger partial charge is 0.336 e. The molecule has 1 heterocycles. The molecule has 0 fully saturated rings. The van der Waals surface area contributed by atoms with Crippen molar-refractivity contribution in [1.82, 2.24) is 4.72 Å². The summed E-state index contributed by atoms with van der Waals surface area (Å²) in [6.07, 6.45) is 0. The van der Waals surface area contributed by atoms with Gasteiger partial charge in [-0.1, -0.05) is 12.1 Å². The Morgan fingerprint density at radius 1 is 1.20 bits per heavy atom.